The van der Waals surface area contributed by atoms with Crippen LogP contribution in [0.3, 0.4) is 0 Å². The predicted molar refractivity (Wildman–Crippen MR) is 119 cm³/mol. The van der Waals surface area contributed by atoms with Crippen molar-refractivity contribution in [2.24, 2.45) is 0 Å². The smallest absolute Gasteiger partial charge is 0.250 e. The van der Waals surface area contributed by atoms with Crippen LogP contribution in [-0.2, 0) is 0 Å². The molecule has 0 N–H and O–H groups in total. The van der Waals surface area contributed by atoms with E-state index in [0.29, 0.717) is 0 Å². The molecular formula is C23H32O4Si. The fourth-order valence-electron chi connectivity index (χ4n) is 3.19. The van der Waals surface area contributed by atoms with Gasteiger partial charge in [-0.1, -0.05) is 32.9 Å². The first kappa shape index (κ1) is 21.9. The third-order valence-electron chi connectivity index (χ3n) is 5.31. The molecule has 0 aromatic heterocycles. The Bertz CT molecular complexity index is 767. The summed E-state index contributed by atoms with van der Waals surface area (Å²) in [5.41, 5.74) is 2.00. The molecule has 0 heterocycles. The quantitative estimate of drug-likeness (QED) is 0.348. The fourth-order valence-corrected chi connectivity index (χ4v) is 5.77. The number of hydrogen-bond donors (Lipinski definition) is 0. The summed E-state index contributed by atoms with van der Waals surface area (Å²) < 4.78 is 22.8. The second kappa shape index (κ2) is 10.2. The van der Waals surface area contributed by atoms with Crippen molar-refractivity contribution < 1.29 is 18.6 Å². The Hall–Kier alpha value is -2.40. The monoisotopic (exact) mass is 400 g/mol. The van der Waals surface area contributed by atoms with Gasteiger partial charge >= 0.3 is 0 Å². The Kier molecular flexibility index (Phi) is 8.00. The topological polar surface area (TPSA) is 36.9 Å². The third-order valence-corrected chi connectivity index (χ3v) is 9.82. The zero-order chi connectivity index (χ0) is 20.6. The molecule has 2 aromatic rings. The highest BCUT2D eigenvalue weighted by Gasteiger charge is 2.31. The van der Waals surface area contributed by atoms with E-state index in [4.69, 9.17) is 18.6 Å². The lowest BCUT2D eigenvalue weighted by molar-refractivity contribution is 0.394. The average molecular weight is 401 g/mol. The number of rotatable bonds is 10. The highest BCUT2D eigenvalue weighted by Crippen LogP contribution is 2.32. The molecule has 0 saturated carbocycles. The van der Waals surface area contributed by atoms with Crippen LogP contribution in [0.1, 0.15) is 31.9 Å². The molecule has 0 radical (unpaired) electrons. The van der Waals surface area contributed by atoms with Gasteiger partial charge in [-0.15, -0.1) is 0 Å². The lowest BCUT2D eigenvalue weighted by atomic mass is 10.1. The van der Waals surface area contributed by atoms with Crippen molar-refractivity contribution in [1.82, 2.24) is 0 Å². The molecule has 0 aliphatic heterocycles. The molecule has 4 nitrogen and oxygen atoms in total. The van der Waals surface area contributed by atoms with Crippen molar-refractivity contribution in [3.8, 4) is 23.0 Å². The zero-order valence-electron chi connectivity index (χ0n) is 17.9. The summed E-state index contributed by atoms with van der Waals surface area (Å²) in [6.07, 6.45) is 4.10. The van der Waals surface area contributed by atoms with Crippen LogP contribution in [0.15, 0.2) is 36.4 Å². The number of benzene rings is 2. The van der Waals surface area contributed by atoms with Crippen LogP contribution in [0.4, 0.5) is 0 Å². The molecule has 0 saturated heterocycles. The molecule has 0 bridgehead atoms. The first-order chi connectivity index (χ1) is 13.5. The van der Waals surface area contributed by atoms with Crippen molar-refractivity contribution in [2.45, 2.75) is 38.9 Å². The van der Waals surface area contributed by atoms with Gasteiger partial charge in [0.2, 0.25) is 0 Å². The van der Waals surface area contributed by atoms with Crippen LogP contribution in [0.25, 0.3) is 12.2 Å². The molecule has 5 heteroatoms. The minimum Gasteiger partial charge on any atom is -0.543 e. The van der Waals surface area contributed by atoms with Crippen molar-refractivity contribution in [3.63, 3.8) is 0 Å². The Morgan fingerprint density at radius 1 is 0.714 bits per heavy atom. The standard InChI is InChI=1S/C23H32O4Si/c1-7-28(8-2,9-3)27-23-13-12-20(24-4)16-19(23)11-10-18-14-21(25-5)17-22(15-18)26-6/h10-17H,7-9H2,1-6H3/b11-10+. The fraction of sp³-hybridized carbons (Fsp3) is 0.391. The highest BCUT2D eigenvalue weighted by atomic mass is 28.4. The van der Waals surface area contributed by atoms with E-state index in [1.165, 1.54) is 0 Å². The lowest BCUT2D eigenvalue weighted by Crippen LogP contribution is -2.39. The number of hydrogen-bond acceptors (Lipinski definition) is 4. The number of methoxy groups -OCH3 is 3. The SMILES string of the molecule is CC[Si](CC)(CC)Oc1ccc(OC)cc1/C=C/c1cc(OC)cc(OC)c1. The molecular weight excluding hydrogens is 368 g/mol. The van der Waals surface area contributed by atoms with E-state index >= 15 is 0 Å². The second-order valence-electron chi connectivity index (χ2n) is 6.73. The molecule has 0 unspecified atom stereocenters. The second-order valence-corrected chi connectivity index (χ2v) is 11.4. The van der Waals surface area contributed by atoms with Crippen molar-refractivity contribution in [3.05, 3.63) is 47.5 Å². The summed E-state index contributed by atoms with van der Waals surface area (Å²) in [7, 11) is 3.22. The van der Waals surface area contributed by atoms with Crippen molar-refractivity contribution in [1.29, 1.82) is 0 Å². The summed E-state index contributed by atoms with van der Waals surface area (Å²) in [6.45, 7) is 6.71. The molecule has 0 spiro atoms. The van der Waals surface area contributed by atoms with E-state index < -0.39 is 8.32 Å². The molecule has 152 valence electrons. The van der Waals surface area contributed by atoms with Gasteiger partial charge in [-0.2, -0.15) is 0 Å². The molecule has 0 atom stereocenters. The van der Waals surface area contributed by atoms with Gasteiger partial charge in [0.1, 0.15) is 23.0 Å². The van der Waals surface area contributed by atoms with Crippen molar-refractivity contribution in [2.75, 3.05) is 21.3 Å². The maximum Gasteiger partial charge on any atom is 0.250 e. The van der Waals surface area contributed by atoms with E-state index in [1.54, 1.807) is 21.3 Å². The van der Waals surface area contributed by atoms with Crippen LogP contribution in [-0.4, -0.2) is 29.6 Å². The molecule has 0 aliphatic carbocycles. The zero-order valence-corrected chi connectivity index (χ0v) is 18.9. The van der Waals surface area contributed by atoms with Crippen LogP contribution < -0.4 is 18.6 Å². The van der Waals surface area contributed by atoms with Crippen molar-refractivity contribution >= 4 is 20.5 Å². The van der Waals surface area contributed by atoms with Crippen LogP contribution in [0, 0.1) is 0 Å². The van der Waals surface area contributed by atoms with Crippen LogP contribution in [0.5, 0.6) is 23.0 Å². The van der Waals surface area contributed by atoms with Crippen LogP contribution in [0.2, 0.25) is 18.1 Å². The van der Waals surface area contributed by atoms with Gasteiger partial charge in [-0.05, 0) is 54.0 Å². The van der Waals surface area contributed by atoms with E-state index in [9.17, 15) is 0 Å². The molecule has 0 aliphatic rings. The molecule has 0 amide bonds. The minimum atomic E-state index is -1.77. The van der Waals surface area contributed by atoms with E-state index in [1.807, 2.05) is 42.5 Å². The Balaban J connectivity index is 2.42. The largest absolute Gasteiger partial charge is 0.543 e. The maximum absolute atomic E-state index is 6.64. The summed E-state index contributed by atoms with van der Waals surface area (Å²) >= 11 is 0. The Labute approximate surface area is 170 Å². The summed E-state index contributed by atoms with van der Waals surface area (Å²) in [5.74, 6) is 3.25. The summed E-state index contributed by atoms with van der Waals surface area (Å²) in [6, 6.07) is 15.1. The lowest BCUT2D eigenvalue weighted by Gasteiger charge is -2.30. The van der Waals surface area contributed by atoms with Gasteiger partial charge in [0.25, 0.3) is 8.32 Å². The van der Waals surface area contributed by atoms with E-state index in [0.717, 1.165) is 52.3 Å². The normalized spacial score (nSPS) is 11.5. The first-order valence-corrected chi connectivity index (χ1v) is 12.3. The van der Waals surface area contributed by atoms with Gasteiger partial charge < -0.3 is 18.6 Å². The van der Waals surface area contributed by atoms with Gasteiger partial charge in [-0.3, -0.25) is 0 Å². The molecule has 28 heavy (non-hydrogen) atoms. The van der Waals surface area contributed by atoms with Gasteiger partial charge in [0, 0.05) is 11.6 Å². The van der Waals surface area contributed by atoms with Gasteiger partial charge in [0.05, 0.1) is 21.3 Å². The first-order valence-electron chi connectivity index (χ1n) is 9.81. The maximum atomic E-state index is 6.64. The molecule has 2 rings (SSSR count). The van der Waals surface area contributed by atoms with E-state index in [-0.39, 0.29) is 0 Å². The predicted octanol–water partition coefficient (Wildman–Crippen LogP) is 6.27. The minimum absolute atomic E-state index is 0.760. The Morgan fingerprint density at radius 2 is 1.29 bits per heavy atom. The highest BCUT2D eigenvalue weighted by molar-refractivity contribution is 6.74. The summed E-state index contributed by atoms with van der Waals surface area (Å²) in [4.78, 5) is 0. The molecule has 0 fully saturated rings. The van der Waals surface area contributed by atoms with Gasteiger partial charge in [-0.25, -0.2) is 0 Å². The van der Waals surface area contributed by atoms with Crippen LogP contribution >= 0.6 is 0 Å². The molecule has 2 aromatic carbocycles. The Morgan fingerprint density at radius 3 is 1.79 bits per heavy atom. The summed E-state index contributed by atoms with van der Waals surface area (Å²) in [5, 5.41) is 0. The average Bonchev–Trinajstić information content (AvgIpc) is 2.76. The number of ether oxygens (including phenoxy) is 3. The third kappa shape index (κ3) is 5.32. The van der Waals surface area contributed by atoms with Gasteiger partial charge in [0.15, 0.2) is 0 Å². The van der Waals surface area contributed by atoms with E-state index in [2.05, 4.69) is 26.8 Å².